The van der Waals surface area contributed by atoms with E-state index >= 15 is 0 Å². The zero-order valence-electron chi connectivity index (χ0n) is 10.4. The predicted octanol–water partition coefficient (Wildman–Crippen LogP) is 2.68. The summed E-state index contributed by atoms with van der Waals surface area (Å²) >= 11 is 10.6. The van der Waals surface area contributed by atoms with E-state index in [2.05, 4.69) is 22.7 Å². The molecule has 0 atom stereocenters. The van der Waals surface area contributed by atoms with Gasteiger partial charge < -0.3 is 10.2 Å². The number of nitrogens with two attached hydrogens (primary N) is 1. The van der Waals surface area contributed by atoms with Crippen molar-refractivity contribution in [2.24, 2.45) is 10.8 Å². The molecule has 0 saturated carbocycles. The van der Waals surface area contributed by atoms with Gasteiger partial charge in [0, 0.05) is 17.7 Å². The molecule has 0 radical (unpaired) electrons. The minimum absolute atomic E-state index is 0.0384. The summed E-state index contributed by atoms with van der Waals surface area (Å²) in [6, 6.07) is 7.48. The highest BCUT2D eigenvalue weighted by Crippen LogP contribution is 2.31. The molecule has 0 aliphatic carbocycles. The van der Waals surface area contributed by atoms with Crippen molar-refractivity contribution in [3.8, 4) is 11.3 Å². The number of non-ortho nitro benzene ring substituents is 1. The first-order valence-corrected chi connectivity index (χ1v) is 6.38. The van der Waals surface area contributed by atoms with E-state index in [0.29, 0.717) is 17.1 Å². The maximum absolute atomic E-state index is 10.7. The quantitative estimate of drug-likeness (QED) is 0.387. The molecule has 7 nitrogen and oxygen atoms in total. The number of furan rings is 1. The second kappa shape index (κ2) is 6.33. The standard InChI is InChI=1S/C12H9ClN4O3S/c13-10-5-7(17(18)19)1-3-9(10)11-4-2-8(20-11)6-15-16-12(14)21/h1-6H,(H3,14,16,21)/b15-6+. The lowest BCUT2D eigenvalue weighted by molar-refractivity contribution is -0.384. The Morgan fingerprint density at radius 1 is 1.48 bits per heavy atom. The molecule has 1 aromatic carbocycles. The Morgan fingerprint density at radius 3 is 2.86 bits per heavy atom. The average Bonchev–Trinajstić information content (AvgIpc) is 2.86. The van der Waals surface area contributed by atoms with Gasteiger partial charge in [0.15, 0.2) is 5.11 Å². The molecule has 3 N–H and O–H groups in total. The maximum Gasteiger partial charge on any atom is 0.270 e. The predicted molar refractivity (Wildman–Crippen MR) is 83.3 cm³/mol. The number of nitrogens with zero attached hydrogens (tertiary/aromatic N) is 2. The number of halogens is 1. The van der Waals surface area contributed by atoms with Gasteiger partial charge in [0.2, 0.25) is 0 Å². The fraction of sp³-hybridized carbons (Fsp3) is 0. The van der Waals surface area contributed by atoms with Crippen molar-refractivity contribution < 1.29 is 9.34 Å². The third-order valence-corrected chi connectivity index (χ3v) is 2.83. The highest BCUT2D eigenvalue weighted by atomic mass is 35.5. The van der Waals surface area contributed by atoms with Crippen LogP contribution >= 0.6 is 23.8 Å². The summed E-state index contributed by atoms with van der Waals surface area (Å²) in [5.41, 5.74) is 8.07. The molecule has 1 aromatic heterocycles. The highest BCUT2D eigenvalue weighted by Gasteiger charge is 2.13. The van der Waals surface area contributed by atoms with Gasteiger partial charge in [-0.1, -0.05) is 11.6 Å². The van der Waals surface area contributed by atoms with E-state index in [9.17, 15) is 10.1 Å². The van der Waals surface area contributed by atoms with E-state index < -0.39 is 4.92 Å². The van der Waals surface area contributed by atoms with Crippen LogP contribution in [0.15, 0.2) is 39.9 Å². The van der Waals surface area contributed by atoms with Crippen LogP contribution in [-0.2, 0) is 0 Å². The van der Waals surface area contributed by atoms with Crippen LogP contribution < -0.4 is 11.2 Å². The Labute approximate surface area is 129 Å². The third-order valence-electron chi connectivity index (χ3n) is 2.42. The summed E-state index contributed by atoms with van der Waals surface area (Å²) < 4.78 is 5.50. The fourth-order valence-corrected chi connectivity index (χ4v) is 1.86. The Balaban J connectivity index is 2.23. The summed E-state index contributed by atoms with van der Waals surface area (Å²) in [5.74, 6) is 0.912. The van der Waals surface area contributed by atoms with Crippen LogP contribution in [0.1, 0.15) is 5.76 Å². The number of rotatable bonds is 4. The Bertz CT molecular complexity index is 729. The molecule has 0 saturated heterocycles. The van der Waals surface area contributed by atoms with Gasteiger partial charge in [-0.15, -0.1) is 0 Å². The molecule has 0 aliphatic rings. The first kappa shape index (κ1) is 14.9. The molecule has 0 fully saturated rings. The van der Waals surface area contributed by atoms with Gasteiger partial charge in [-0.25, -0.2) is 0 Å². The molecule has 0 aliphatic heterocycles. The molecule has 108 valence electrons. The number of hydrogen-bond donors (Lipinski definition) is 2. The lowest BCUT2D eigenvalue weighted by Crippen LogP contribution is -2.23. The normalized spacial score (nSPS) is 10.7. The van der Waals surface area contributed by atoms with E-state index in [4.69, 9.17) is 21.8 Å². The molecule has 2 rings (SSSR count). The third kappa shape index (κ3) is 3.77. The van der Waals surface area contributed by atoms with Gasteiger partial charge in [0.05, 0.1) is 16.2 Å². The summed E-state index contributed by atoms with van der Waals surface area (Å²) in [7, 11) is 0. The number of nitro groups is 1. The molecule has 0 unspecified atom stereocenters. The van der Waals surface area contributed by atoms with Crippen LogP contribution in [-0.4, -0.2) is 16.3 Å². The summed E-state index contributed by atoms with van der Waals surface area (Å²) in [5, 5.41) is 14.7. The SMILES string of the molecule is NC(=S)N/N=C/c1ccc(-c2ccc([N+](=O)[O-])cc2Cl)o1. The van der Waals surface area contributed by atoms with Crippen molar-refractivity contribution >= 4 is 40.8 Å². The van der Waals surface area contributed by atoms with E-state index in [1.54, 1.807) is 12.1 Å². The molecule has 9 heteroatoms. The van der Waals surface area contributed by atoms with Crippen molar-refractivity contribution in [3.63, 3.8) is 0 Å². The van der Waals surface area contributed by atoms with Crippen LogP contribution in [0.5, 0.6) is 0 Å². The fourth-order valence-electron chi connectivity index (χ4n) is 1.54. The van der Waals surface area contributed by atoms with Crippen molar-refractivity contribution in [3.05, 3.63) is 51.2 Å². The lowest BCUT2D eigenvalue weighted by Gasteiger charge is -2.00. The van der Waals surface area contributed by atoms with Crippen molar-refractivity contribution in [1.29, 1.82) is 0 Å². The van der Waals surface area contributed by atoms with E-state index in [-0.39, 0.29) is 15.8 Å². The van der Waals surface area contributed by atoms with Crippen LogP contribution in [0.2, 0.25) is 5.02 Å². The Morgan fingerprint density at radius 2 is 2.24 bits per heavy atom. The first-order chi connectivity index (χ1) is 9.97. The average molecular weight is 325 g/mol. The molecule has 21 heavy (non-hydrogen) atoms. The summed E-state index contributed by atoms with van der Waals surface area (Å²) in [6.07, 6.45) is 1.39. The second-order valence-electron chi connectivity index (χ2n) is 3.86. The number of nitrogens with one attached hydrogen (secondary N) is 1. The van der Waals surface area contributed by atoms with Crippen molar-refractivity contribution in [2.45, 2.75) is 0 Å². The lowest BCUT2D eigenvalue weighted by atomic mass is 10.1. The minimum atomic E-state index is -0.517. The zero-order valence-corrected chi connectivity index (χ0v) is 12.0. The molecule has 0 bridgehead atoms. The molecule has 2 aromatic rings. The number of hydrazone groups is 1. The molecule has 0 spiro atoms. The monoisotopic (exact) mass is 324 g/mol. The van der Waals surface area contributed by atoms with Crippen LogP contribution in [0.3, 0.4) is 0 Å². The molecular formula is C12H9ClN4O3S. The first-order valence-electron chi connectivity index (χ1n) is 5.60. The molecular weight excluding hydrogens is 316 g/mol. The van der Waals surface area contributed by atoms with E-state index in [1.807, 2.05) is 0 Å². The van der Waals surface area contributed by atoms with Crippen LogP contribution in [0, 0.1) is 10.1 Å². The minimum Gasteiger partial charge on any atom is -0.455 e. The summed E-state index contributed by atoms with van der Waals surface area (Å²) in [6.45, 7) is 0. The van der Waals surface area contributed by atoms with E-state index in [1.165, 1.54) is 24.4 Å². The zero-order chi connectivity index (χ0) is 15.4. The van der Waals surface area contributed by atoms with Crippen molar-refractivity contribution in [2.75, 3.05) is 0 Å². The number of benzene rings is 1. The largest absolute Gasteiger partial charge is 0.455 e. The van der Waals surface area contributed by atoms with Crippen LogP contribution in [0.25, 0.3) is 11.3 Å². The molecule has 1 heterocycles. The van der Waals surface area contributed by atoms with Gasteiger partial charge in [0.1, 0.15) is 11.5 Å². The maximum atomic E-state index is 10.7. The van der Waals surface area contributed by atoms with Gasteiger partial charge in [0.25, 0.3) is 5.69 Å². The number of hydrogen-bond acceptors (Lipinski definition) is 5. The van der Waals surface area contributed by atoms with Gasteiger partial charge >= 0.3 is 0 Å². The van der Waals surface area contributed by atoms with Gasteiger partial charge in [-0.05, 0) is 30.4 Å². The second-order valence-corrected chi connectivity index (χ2v) is 4.70. The van der Waals surface area contributed by atoms with Crippen molar-refractivity contribution in [1.82, 2.24) is 5.43 Å². The smallest absolute Gasteiger partial charge is 0.270 e. The topological polar surface area (TPSA) is 107 Å². The number of thiocarbonyl (C=S) groups is 1. The molecule has 0 amide bonds. The Kier molecular flexibility index (Phi) is 4.51. The highest BCUT2D eigenvalue weighted by molar-refractivity contribution is 7.80. The van der Waals surface area contributed by atoms with E-state index in [0.717, 1.165) is 0 Å². The van der Waals surface area contributed by atoms with Crippen LogP contribution in [0.4, 0.5) is 5.69 Å². The Hall–Kier alpha value is -2.45. The summed E-state index contributed by atoms with van der Waals surface area (Å²) in [4.78, 5) is 10.1. The number of nitro benzene ring substituents is 1. The van der Waals surface area contributed by atoms with Gasteiger partial charge in [-0.2, -0.15) is 5.10 Å². The van der Waals surface area contributed by atoms with Gasteiger partial charge in [-0.3, -0.25) is 15.5 Å².